The van der Waals surface area contributed by atoms with Gasteiger partial charge < -0.3 is 24.5 Å². The Morgan fingerprint density at radius 3 is 2.39 bits per heavy atom. The van der Waals surface area contributed by atoms with Crippen molar-refractivity contribution in [3.63, 3.8) is 0 Å². The van der Waals surface area contributed by atoms with Crippen LogP contribution < -0.4 is 4.90 Å². The van der Waals surface area contributed by atoms with Gasteiger partial charge in [-0.1, -0.05) is 79.7 Å². The van der Waals surface area contributed by atoms with Gasteiger partial charge in [0.2, 0.25) is 11.8 Å². The molecule has 3 aromatic carbocycles. The van der Waals surface area contributed by atoms with Crippen LogP contribution in [0.25, 0.3) is 10.8 Å². The smallest absolute Gasteiger partial charge is 0.253 e. The topological polar surface area (TPSA) is 90.4 Å². The third kappa shape index (κ3) is 5.04. The van der Waals surface area contributed by atoms with Gasteiger partial charge in [-0.15, -0.1) is 13.2 Å². The van der Waals surface area contributed by atoms with E-state index in [0.29, 0.717) is 31.6 Å². The highest BCUT2D eigenvalue weighted by Crippen LogP contribution is 2.65. The van der Waals surface area contributed by atoms with E-state index in [1.165, 1.54) is 0 Å². The summed E-state index contributed by atoms with van der Waals surface area (Å²) in [5, 5.41) is 11.8. The van der Waals surface area contributed by atoms with E-state index >= 15 is 0 Å². The minimum atomic E-state index is -1.19. The number of rotatable bonds is 12. The fourth-order valence-corrected chi connectivity index (χ4v) is 8.21. The standard InChI is InChI=1S/C38H43N3O5/c1-5-19-39(25-27-13-8-7-9-14-27)34(43)31-32-35(44)41(21-12-22-42)33(38(32)24-26(3)37(31,4)46-38)36(45)40(20-6-2)30-18-17-28-15-10-11-16-29(28)23-30/h5-11,13-18,23,26,31-33,42H,1-2,12,19-22,24-25H2,3-4H3/t26?,31-,32-,33?,37+,38?/m0/s1. The molecule has 2 bridgehead atoms. The number of anilines is 1. The molecular weight excluding hydrogens is 578 g/mol. The van der Waals surface area contributed by atoms with Crippen LogP contribution >= 0.6 is 0 Å². The molecule has 6 rings (SSSR count). The zero-order valence-electron chi connectivity index (χ0n) is 26.7. The first-order chi connectivity index (χ1) is 22.2. The number of hydrogen-bond donors (Lipinski definition) is 1. The van der Waals surface area contributed by atoms with Gasteiger partial charge in [-0.25, -0.2) is 0 Å². The predicted molar refractivity (Wildman–Crippen MR) is 179 cm³/mol. The lowest BCUT2D eigenvalue weighted by Crippen LogP contribution is -2.57. The zero-order valence-corrected chi connectivity index (χ0v) is 26.7. The highest BCUT2D eigenvalue weighted by Gasteiger charge is 2.80. The highest BCUT2D eigenvalue weighted by molar-refractivity contribution is 6.06. The second-order valence-electron chi connectivity index (χ2n) is 13.1. The lowest BCUT2D eigenvalue weighted by molar-refractivity contribution is -0.151. The summed E-state index contributed by atoms with van der Waals surface area (Å²) in [6.07, 6.45) is 4.15. The maximum absolute atomic E-state index is 14.9. The number of amides is 3. The fraction of sp³-hybridized carbons (Fsp3) is 0.395. The van der Waals surface area contributed by atoms with Crippen LogP contribution in [0.15, 0.2) is 98.1 Å². The zero-order chi connectivity index (χ0) is 32.6. The Morgan fingerprint density at radius 1 is 1.00 bits per heavy atom. The van der Waals surface area contributed by atoms with E-state index in [9.17, 15) is 19.5 Å². The van der Waals surface area contributed by atoms with Crippen LogP contribution in [-0.2, 0) is 25.7 Å². The van der Waals surface area contributed by atoms with Crippen molar-refractivity contribution < 1.29 is 24.2 Å². The van der Waals surface area contributed by atoms with Gasteiger partial charge in [0.05, 0.1) is 17.4 Å². The van der Waals surface area contributed by atoms with Crippen LogP contribution in [0, 0.1) is 17.8 Å². The second kappa shape index (κ2) is 12.5. The summed E-state index contributed by atoms with van der Waals surface area (Å²) < 4.78 is 6.97. The van der Waals surface area contributed by atoms with Gasteiger partial charge in [-0.3, -0.25) is 14.4 Å². The fourth-order valence-electron chi connectivity index (χ4n) is 8.21. The summed E-state index contributed by atoms with van der Waals surface area (Å²) in [6, 6.07) is 22.6. The van der Waals surface area contributed by atoms with Crippen LogP contribution in [0.5, 0.6) is 0 Å². The van der Waals surface area contributed by atoms with E-state index in [1.54, 1.807) is 26.9 Å². The molecule has 3 heterocycles. The van der Waals surface area contributed by atoms with Crippen LogP contribution in [0.2, 0.25) is 0 Å². The largest absolute Gasteiger partial charge is 0.396 e. The number of benzene rings is 3. The van der Waals surface area contributed by atoms with E-state index in [1.807, 2.05) is 86.6 Å². The van der Waals surface area contributed by atoms with Crippen molar-refractivity contribution in [2.45, 2.75) is 50.5 Å². The molecule has 3 unspecified atom stereocenters. The Balaban J connectivity index is 1.42. The van der Waals surface area contributed by atoms with Crippen LogP contribution in [0.1, 0.15) is 32.3 Å². The first kappa shape index (κ1) is 31.7. The third-order valence-electron chi connectivity index (χ3n) is 10.4. The summed E-state index contributed by atoms with van der Waals surface area (Å²) in [5.74, 6) is -2.42. The summed E-state index contributed by atoms with van der Waals surface area (Å²) in [4.78, 5) is 49.1. The van der Waals surface area contributed by atoms with Crippen molar-refractivity contribution in [3.05, 3.63) is 104 Å². The number of ether oxygens (including phenoxy) is 1. The lowest BCUT2D eigenvalue weighted by atomic mass is 9.62. The summed E-state index contributed by atoms with van der Waals surface area (Å²) in [5.41, 5.74) is -0.472. The normalized spacial score (nSPS) is 27.9. The van der Waals surface area contributed by atoms with Crippen molar-refractivity contribution in [2.24, 2.45) is 17.8 Å². The van der Waals surface area contributed by atoms with E-state index in [0.717, 1.165) is 16.3 Å². The molecule has 3 aromatic rings. The van der Waals surface area contributed by atoms with Gasteiger partial charge >= 0.3 is 0 Å². The van der Waals surface area contributed by atoms with Crippen molar-refractivity contribution in [3.8, 4) is 0 Å². The number of aliphatic hydroxyl groups excluding tert-OH is 1. The number of carbonyl (C=O) groups is 3. The number of likely N-dealkylation sites (tertiary alicyclic amines) is 1. The lowest BCUT2D eigenvalue weighted by Gasteiger charge is -2.39. The molecule has 8 heteroatoms. The Kier molecular flexibility index (Phi) is 8.61. The SMILES string of the molecule is C=CCN(Cc1ccccc1)C(=O)[C@@H]1[C@H]2C(=O)N(CCCO)C(C(=O)N(CC=C)c3ccc4ccccc4c3)C23CC(C)[C@@]1(C)O3. The highest BCUT2D eigenvalue weighted by atomic mass is 16.5. The van der Waals surface area contributed by atoms with Crippen LogP contribution in [0.3, 0.4) is 0 Å². The molecular formula is C38H43N3O5. The van der Waals surface area contributed by atoms with Gasteiger partial charge in [0.25, 0.3) is 5.91 Å². The van der Waals surface area contributed by atoms with E-state index in [-0.39, 0.29) is 43.3 Å². The van der Waals surface area contributed by atoms with Gasteiger partial charge in [0.15, 0.2) is 0 Å². The molecule has 3 aliphatic heterocycles. The molecule has 0 aliphatic carbocycles. The Hall–Kier alpha value is -4.27. The minimum absolute atomic E-state index is 0.0885. The monoisotopic (exact) mass is 621 g/mol. The van der Waals surface area contributed by atoms with Gasteiger partial charge in [0, 0.05) is 38.5 Å². The molecule has 0 aromatic heterocycles. The van der Waals surface area contributed by atoms with E-state index < -0.39 is 29.1 Å². The second-order valence-corrected chi connectivity index (χ2v) is 13.1. The molecule has 8 nitrogen and oxygen atoms in total. The van der Waals surface area contributed by atoms with Crippen LogP contribution in [-0.4, -0.2) is 76.1 Å². The summed E-state index contributed by atoms with van der Waals surface area (Å²) >= 11 is 0. The number of hydrogen-bond acceptors (Lipinski definition) is 5. The van der Waals surface area contributed by atoms with Crippen molar-refractivity contribution in [1.29, 1.82) is 0 Å². The first-order valence-corrected chi connectivity index (χ1v) is 16.2. The molecule has 0 saturated carbocycles. The quantitative estimate of drug-likeness (QED) is 0.289. The number of nitrogens with zero attached hydrogens (tertiary/aromatic N) is 3. The van der Waals surface area contributed by atoms with Gasteiger partial charge in [0.1, 0.15) is 11.6 Å². The Labute approximate surface area is 270 Å². The molecule has 3 saturated heterocycles. The molecule has 240 valence electrons. The average Bonchev–Trinajstić information content (AvgIpc) is 3.58. The third-order valence-corrected chi connectivity index (χ3v) is 10.4. The molecule has 3 fully saturated rings. The summed E-state index contributed by atoms with van der Waals surface area (Å²) in [7, 11) is 0. The maximum Gasteiger partial charge on any atom is 0.253 e. The first-order valence-electron chi connectivity index (χ1n) is 16.2. The van der Waals surface area contributed by atoms with Crippen molar-refractivity contribution in [2.75, 3.05) is 31.1 Å². The molecule has 1 spiro atoms. The molecule has 6 atom stereocenters. The van der Waals surface area contributed by atoms with Crippen LogP contribution in [0.4, 0.5) is 5.69 Å². The van der Waals surface area contributed by atoms with Crippen molar-refractivity contribution >= 4 is 34.2 Å². The molecule has 3 aliphatic rings. The molecule has 46 heavy (non-hydrogen) atoms. The molecule has 1 N–H and O–H groups in total. The Bertz CT molecular complexity index is 1660. The van der Waals surface area contributed by atoms with Gasteiger partial charge in [-0.2, -0.15) is 0 Å². The number of carbonyl (C=O) groups excluding carboxylic acids is 3. The van der Waals surface area contributed by atoms with E-state index in [4.69, 9.17) is 4.74 Å². The summed E-state index contributed by atoms with van der Waals surface area (Å²) in [6.45, 7) is 12.8. The minimum Gasteiger partial charge on any atom is -0.396 e. The van der Waals surface area contributed by atoms with Gasteiger partial charge in [-0.05, 0) is 54.2 Å². The maximum atomic E-state index is 14.9. The van der Waals surface area contributed by atoms with Crippen molar-refractivity contribution in [1.82, 2.24) is 9.80 Å². The molecule has 3 amide bonds. The number of fused-ring (bicyclic) bond motifs is 2. The predicted octanol–water partition coefficient (Wildman–Crippen LogP) is 4.97. The average molecular weight is 622 g/mol. The molecule has 0 radical (unpaired) electrons. The number of aliphatic hydroxyl groups is 1. The Morgan fingerprint density at radius 2 is 1.70 bits per heavy atom. The van der Waals surface area contributed by atoms with E-state index in [2.05, 4.69) is 13.2 Å².